The van der Waals surface area contributed by atoms with Crippen LogP contribution in [-0.4, -0.2) is 38.1 Å². The largest absolute Gasteiger partial charge is 0.328 e. The fourth-order valence-corrected chi connectivity index (χ4v) is 1.75. The monoisotopic (exact) mass is 274 g/mol. The van der Waals surface area contributed by atoms with Crippen molar-refractivity contribution in [1.82, 2.24) is 30.4 Å². The molecule has 2 amide bonds. The molecule has 2 rings (SSSR count). The molecule has 1 unspecified atom stereocenters. The fraction of sp³-hybridized carbons (Fsp3) is 0.385. The average Bonchev–Trinajstić information content (AvgIpc) is 2.86. The van der Waals surface area contributed by atoms with Gasteiger partial charge in [-0.3, -0.25) is 10.1 Å². The molecule has 0 saturated carbocycles. The number of amides is 2. The second kappa shape index (κ2) is 6.14. The van der Waals surface area contributed by atoms with Crippen LogP contribution in [0.3, 0.4) is 0 Å². The van der Waals surface area contributed by atoms with Crippen molar-refractivity contribution < 1.29 is 4.79 Å². The van der Waals surface area contributed by atoms with Gasteiger partial charge in [-0.25, -0.2) is 9.78 Å². The predicted molar refractivity (Wildman–Crippen MR) is 73.8 cm³/mol. The molecular weight excluding hydrogens is 256 g/mol. The van der Waals surface area contributed by atoms with Crippen LogP contribution >= 0.6 is 0 Å². The molecule has 2 heterocycles. The van der Waals surface area contributed by atoms with Crippen molar-refractivity contribution in [1.29, 1.82) is 0 Å². The molecule has 2 aromatic heterocycles. The first kappa shape index (κ1) is 14.0. The van der Waals surface area contributed by atoms with Gasteiger partial charge in [0.2, 0.25) is 0 Å². The molecule has 0 aliphatic carbocycles. The van der Waals surface area contributed by atoms with E-state index < -0.39 is 0 Å². The van der Waals surface area contributed by atoms with Gasteiger partial charge in [0.1, 0.15) is 5.82 Å². The highest BCUT2D eigenvalue weighted by Gasteiger charge is 2.16. The van der Waals surface area contributed by atoms with Gasteiger partial charge in [-0.05, 0) is 25.5 Å². The van der Waals surface area contributed by atoms with Crippen molar-refractivity contribution in [3.05, 3.63) is 41.7 Å². The van der Waals surface area contributed by atoms with E-state index in [0.29, 0.717) is 12.4 Å². The summed E-state index contributed by atoms with van der Waals surface area (Å²) in [4.78, 5) is 21.9. The fourth-order valence-electron chi connectivity index (χ4n) is 1.75. The summed E-state index contributed by atoms with van der Waals surface area (Å²) >= 11 is 0. The highest BCUT2D eigenvalue weighted by atomic mass is 16.2. The highest BCUT2D eigenvalue weighted by molar-refractivity contribution is 5.74. The first-order valence-corrected chi connectivity index (χ1v) is 6.35. The lowest BCUT2D eigenvalue weighted by molar-refractivity contribution is 0.203. The lowest BCUT2D eigenvalue weighted by Crippen LogP contribution is -2.38. The third-order valence-corrected chi connectivity index (χ3v) is 2.83. The van der Waals surface area contributed by atoms with Crippen molar-refractivity contribution in [3.63, 3.8) is 0 Å². The number of nitrogens with one attached hydrogen (secondary N) is 2. The molecule has 0 radical (unpaired) electrons. The molecule has 0 aromatic carbocycles. The number of aryl methyl sites for hydroxylation is 1. The van der Waals surface area contributed by atoms with E-state index in [1.807, 2.05) is 26.0 Å². The number of pyridine rings is 1. The van der Waals surface area contributed by atoms with Crippen molar-refractivity contribution in [2.45, 2.75) is 26.4 Å². The first-order valence-electron chi connectivity index (χ1n) is 6.35. The number of hydrogen-bond donors (Lipinski definition) is 2. The smallest absolute Gasteiger partial charge is 0.318 e. The number of rotatable bonds is 4. The van der Waals surface area contributed by atoms with E-state index in [1.165, 1.54) is 0 Å². The minimum atomic E-state index is -0.246. The third-order valence-electron chi connectivity index (χ3n) is 2.83. The molecule has 106 valence electrons. The second-order valence-corrected chi connectivity index (χ2v) is 4.67. The topological polar surface area (TPSA) is 86.8 Å². The summed E-state index contributed by atoms with van der Waals surface area (Å²) in [5.74, 6) is 1.30. The SMILES string of the molecule is Cc1nc(C(C)NC(=O)N(C)Cc2cccnc2)n[nH]1. The molecule has 7 heteroatoms. The molecule has 0 fully saturated rings. The number of H-pyrrole nitrogens is 1. The first-order chi connectivity index (χ1) is 9.56. The van der Waals surface area contributed by atoms with E-state index in [2.05, 4.69) is 25.5 Å². The number of carbonyl (C=O) groups excluding carboxylic acids is 1. The summed E-state index contributed by atoms with van der Waals surface area (Å²) in [6.07, 6.45) is 3.45. The summed E-state index contributed by atoms with van der Waals surface area (Å²) < 4.78 is 0. The second-order valence-electron chi connectivity index (χ2n) is 4.67. The molecule has 2 N–H and O–H groups in total. The molecule has 2 aromatic rings. The molecule has 0 bridgehead atoms. The normalized spacial score (nSPS) is 11.9. The number of aromatic nitrogens is 4. The van der Waals surface area contributed by atoms with Crippen molar-refractivity contribution in [3.8, 4) is 0 Å². The van der Waals surface area contributed by atoms with Gasteiger partial charge in [0.25, 0.3) is 0 Å². The Morgan fingerprint density at radius 3 is 2.95 bits per heavy atom. The van der Waals surface area contributed by atoms with Gasteiger partial charge in [-0.15, -0.1) is 0 Å². The number of carbonyl (C=O) groups is 1. The van der Waals surface area contributed by atoms with Crippen LogP contribution in [0.1, 0.15) is 30.2 Å². The molecule has 0 aliphatic heterocycles. The Balaban J connectivity index is 1.91. The van der Waals surface area contributed by atoms with Crippen LogP contribution in [0, 0.1) is 6.92 Å². The number of hydrogen-bond acceptors (Lipinski definition) is 4. The lowest BCUT2D eigenvalue weighted by atomic mass is 10.3. The average molecular weight is 274 g/mol. The molecular formula is C13H18N6O. The minimum Gasteiger partial charge on any atom is -0.328 e. The van der Waals surface area contributed by atoms with Gasteiger partial charge < -0.3 is 10.2 Å². The highest BCUT2D eigenvalue weighted by Crippen LogP contribution is 2.07. The zero-order chi connectivity index (χ0) is 14.5. The summed E-state index contributed by atoms with van der Waals surface area (Å²) in [6, 6.07) is 3.35. The van der Waals surface area contributed by atoms with Gasteiger partial charge in [0.15, 0.2) is 5.82 Å². The van der Waals surface area contributed by atoms with Crippen LogP contribution in [0.25, 0.3) is 0 Å². The van der Waals surface area contributed by atoms with Crippen LogP contribution in [0.5, 0.6) is 0 Å². The zero-order valence-corrected chi connectivity index (χ0v) is 11.8. The quantitative estimate of drug-likeness (QED) is 0.882. The maximum Gasteiger partial charge on any atom is 0.318 e. The maximum absolute atomic E-state index is 12.1. The van der Waals surface area contributed by atoms with Crippen molar-refractivity contribution in [2.75, 3.05) is 7.05 Å². The number of aromatic amines is 1. The van der Waals surface area contributed by atoms with Crippen molar-refractivity contribution in [2.24, 2.45) is 0 Å². The van der Waals surface area contributed by atoms with Gasteiger partial charge in [-0.2, -0.15) is 5.10 Å². The number of urea groups is 1. The molecule has 0 saturated heterocycles. The van der Waals surface area contributed by atoms with Crippen molar-refractivity contribution >= 4 is 6.03 Å². The van der Waals surface area contributed by atoms with Crippen LogP contribution in [0.2, 0.25) is 0 Å². The zero-order valence-electron chi connectivity index (χ0n) is 11.8. The summed E-state index contributed by atoms with van der Waals surface area (Å²) in [5.41, 5.74) is 0.978. The standard InChI is InChI=1S/C13H18N6O/c1-9(12-16-10(2)17-18-12)15-13(20)19(3)8-11-5-4-6-14-7-11/h4-7,9H,8H2,1-3H3,(H,15,20)(H,16,17,18). The third kappa shape index (κ3) is 3.53. The Morgan fingerprint density at radius 2 is 2.35 bits per heavy atom. The molecule has 1 atom stereocenters. The van der Waals surface area contributed by atoms with Gasteiger partial charge >= 0.3 is 6.03 Å². The van der Waals surface area contributed by atoms with E-state index in [4.69, 9.17) is 0 Å². The molecule has 7 nitrogen and oxygen atoms in total. The number of nitrogens with zero attached hydrogens (tertiary/aromatic N) is 4. The maximum atomic E-state index is 12.1. The van der Waals surface area contributed by atoms with Gasteiger partial charge in [-0.1, -0.05) is 6.07 Å². The van der Waals surface area contributed by atoms with E-state index in [0.717, 1.165) is 11.4 Å². The van der Waals surface area contributed by atoms with Crippen LogP contribution in [-0.2, 0) is 6.54 Å². The van der Waals surface area contributed by atoms with E-state index in [1.54, 1.807) is 24.3 Å². The van der Waals surface area contributed by atoms with E-state index in [-0.39, 0.29) is 12.1 Å². The summed E-state index contributed by atoms with van der Waals surface area (Å²) in [5, 5.41) is 9.64. The Morgan fingerprint density at radius 1 is 1.55 bits per heavy atom. The van der Waals surface area contributed by atoms with E-state index in [9.17, 15) is 4.79 Å². The molecule has 0 spiro atoms. The van der Waals surface area contributed by atoms with Crippen LogP contribution in [0.15, 0.2) is 24.5 Å². The van der Waals surface area contributed by atoms with E-state index >= 15 is 0 Å². The Hall–Kier alpha value is -2.44. The van der Waals surface area contributed by atoms with Gasteiger partial charge in [0.05, 0.1) is 6.04 Å². The predicted octanol–water partition coefficient (Wildman–Crippen LogP) is 1.41. The molecule has 20 heavy (non-hydrogen) atoms. The summed E-state index contributed by atoms with van der Waals surface area (Å²) in [7, 11) is 1.73. The Bertz CT molecular complexity index is 567. The van der Waals surface area contributed by atoms with Crippen LogP contribution in [0.4, 0.5) is 4.79 Å². The van der Waals surface area contributed by atoms with Crippen LogP contribution < -0.4 is 5.32 Å². The Kier molecular flexibility index (Phi) is 4.29. The lowest BCUT2D eigenvalue weighted by Gasteiger charge is -2.20. The minimum absolute atomic E-state index is 0.177. The summed E-state index contributed by atoms with van der Waals surface area (Å²) in [6.45, 7) is 4.16. The van der Waals surface area contributed by atoms with Gasteiger partial charge in [0, 0.05) is 26.0 Å². The molecule has 0 aliphatic rings. The Labute approximate surface area is 117 Å².